The van der Waals surface area contributed by atoms with Crippen LogP contribution in [0.4, 0.5) is 4.79 Å². The Morgan fingerprint density at radius 3 is 2.58 bits per heavy atom. The summed E-state index contributed by atoms with van der Waals surface area (Å²) in [5.74, 6) is -1.48. The van der Waals surface area contributed by atoms with E-state index in [4.69, 9.17) is 23.6 Å². The van der Waals surface area contributed by atoms with Crippen molar-refractivity contribution in [2.24, 2.45) is 5.92 Å². The molecule has 4 aromatic rings. The first kappa shape index (κ1) is 38.2. The van der Waals surface area contributed by atoms with Gasteiger partial charge in [0.2, 0.25) is 21.8 Å². The van der Waals surface area contributed by atoms with Gasteiger partial charge in [0.05, 0.1) is 31.7 Å². The second kappa shape index (κ2) is 15.4. The highest BCUT2D eigenvalue weighted by atomic mass is 32.2. The van der Waals surface area contributed by atoms with E-state index in [-0.39, 0.29) is 19.4 Å². The topological polar surface area (TPSA) is 195 Å². The van der Waals surface area contributed by atoms with Crippen molar-refractivity contribution in [3.63, 3.8) is 0 Å². The minimum Gasteiger partial charge on any atom is -0.496 e. The third kappa shape index (κ3) is 7.62. The number of rotatable bonds is 8. The molecule has 4 heterocycles. The Morgan fingerprint density at radius 2 is 1.79 bits per heavy atom. The van der Waals surface area contributed by atoms with Gasteiger partial charge in [0, 0.05) is 29.4 Å². The quantitative estimate of drug-likeness (QED) is 0.209. The molecular formula is C41H45N5O10S. The van der Waals surface area contributed by atoms with Crippen LogP contribution in [0.3, 0.4) is 0 Å². The fourth-order valence-corrected chi connectivity index (χ4v) is 9.33. The molecule has 15 nitrogen and oxygen atoms in total. The number of hydrogen-bond donors (Lipinski definition) is 3. The van der Waals surface area contributed by atoms with Crippen molar-refractivity contribution >= 4 is 55.9 Å². The number of allylic oxidation sites excluding steroid dienone is 1. The Balaban J connectivity index is 1.16. The van der Waals surface area contributed by atoms with Gasteiger partial charge in [0.25, 0.3) is 5.91 Å². The number of aromatic nitrogens is 1. The average molecular weight is 800 g/mol. The van der Waals surface area contributed by atoms with Gasteiger partial charge in [0.15, 0.2) is 11.3 Å². The molecule has 5 atom stereocenters. The van der Waals surface area contributed by atoms with E-state index in [9.17, 15) is 27.6 Å². The molecule has 2 aromatic heterocycles. The van der Waals surface area contributed by atoms with E-state index in [1.807, 2.05) is 60.7 Å². The molecule has 4 aliphatic rings. The number of ether oxygens (including phenoxy) is 3. The Morgan fingerprint density at radius 1 is 1.00 bits per heavy atom. The SMILES string of the molecule is COC(=O)N[C@H]1CCCCC/C=C\[C@H]2C[C@@]2(C(=O)NS(=O)(=O)C2CC2)NC(=O)[C@@H]2C[C@@H](Oc3cc(-c4ccccc4OC)nc4c3oc3ccccc34)CN2C1=O. The number of benzene rings is 2. The molecule has 16 heteroatoms. The maximum atomic E-state index is 14.5. The molecular weight excluding hydrogens is 755 g/mol. The molecule has 2 aliphatic heterocycles. The van der Waals surface area contributed by atoms with Crippen molar-refractivity contribution < 1.29 is 46.2 Å². The predicted octanol–water partition coefficient (Wildman–Crippen LogP) is 4.73. The lowest BCUT2D eigenvalue weighted by atomic mass is 10.1. The third-order valence-corrected chi connectivity index (χ3v) is 13.1. The summed E-state index contributed by atoms with van der Waals surface area (Å²) in [7, 11) is -1.13. The Bertz CT molecular complexity index is 2380. The molecule has 0 bridgehead atoms. The summed E-state index contributed by atoms with van der Waals surface area (Å²) >= 11 is 0. The van der Waals surface area contributed by atoms with Crippen LogP contribution in [0.25, 0.3) is 33.3 Å². The van der Waals surface area contributed by atoms with E-state index in [1.54, 1.807) is 13.2 Å². The fourth-order valence-electron chi connectivity index (χ4n) is 7.96. The highest BCUT2D eigenvalue weighted by Crippen LogP contribution is 2.46. The van der Waals surface area contributed by atoms with Crippen molar-refractivity contribution in [2.45, 2.75) is 86.8 Å². The van der Waals surface area contributed by atoms with Crippen LogP contribution in [0, 0.1) is 5.92 Å². The number of fused-ring (bicyclic) bond motifs is 5. The molecule has 300 valence electrons. The van der Waals surface area contributed by atoms with Crippen LogP contribution in [-0.2, 0) is 29.1 Å². The Kier molecular flexibility index (Phi) is 10.3. The number of para-hydroxylation sites is 2. The lowest BCUT2D eigenvalue weighted by Crippen LogP contribution is -2.58. The van der Waals surface area contributed by atoms with E-state index in [1.165, 1.54) is 12.0 Å². The number of sulfonamides is 1. The standard InChI is InChI=1S/C41H45N5O10S/c1-53-32-16-10-8-13-27(32)30-21-34(36-35(42-30)28-14-9-11-17-33(28)56-36)55-25-20-31-37(47)44-41(39(49)45-57(51,52)26-18-19-26)22-24(41)12-6-4-3-5-7-15-29(43-40(50)54-2)38(48)46(31)23-25/h6,8-14,16-17,21,24-26,29,31H,3-5,7,15,18-20,22-23H2,1-2H3,(H,43,50)(H,44,47)(H,45,49)/b12-6-/t24-,25+,29-,31-,41+/m0/s1. The molecule has 2 aromatic carbocycles. The lowest BCUT2D eigenvalue weighted by molar-refractivity contribution is -0.141. The van der Waals surface area contributed by atoms with Crippen LogP contribution in [-0.4, -0.2) is 91.9 Å². The van der Waals surface area contributed by atoms with Crippen LogP contribution in [0.5, 0.6) is 11.5 Å². The Labute approximate surface area is 329 Å². The van der Waals surface area contributed by atoms with Crippen LogP contribution >= 0.6 is 0 Å². The minimum atomic E-state index is -3.91. The highest BCUT2D eigenvalue weighted by Gasteiger charge is 2.62. The van der Waals surface area contributed by atoms with Crippen LogP contribution in [0.2, 0.25) is 0 Å². The van der Waals surface area contributed by atoms with E-state index >= 15 is 0 Å². The number of carbonyl (C=O) groups excluding carboxylic acids is 4. The predicted molar refractivity (Wildman–Crippen MR) is 209 cm³/mol. The van der Waals surface area contributed by atoms with Gasteiger partial charge in [-0.1, -0.05) is 49.3 Å². The average Bonchev–Trinajstić information content (AvgIpc) is 4.11. The summed E-state index contributed by atoms with van der Waals surface area (Å²) in [6.07, 6.45) is 6.51. The molecule has 4 amide bonds. The van der Waals surface area contributed by atoms with E-state index in [0.29, 0.717) is 71.5 Å². The molecule has 3 N–H and O–H groups in total. The van der Waals surface area contributed by atoms with E-state index in [0.717, 1.165) is 18.2 Å². The normalized spacial score (nSPS) is 26.0. The first-order valence-corrected chi connectivity index (χ1v) is 20.9. The molecule has 0 unspecified atom stereocenters. The lowest BCUT2D eigenvalue weighted by Gasteiger charge is -2.29. The van der Waals surface area contributed by atoms with Gasteiger partial charge in [-0.3, -0.25) is 19.1 Å². The van der Waals surface area contributed by atoms with Crippen molar-refractivity contribution in [2.75, 3.05) is 20.8 Å². The maximum absolute atomic E-state index is 14.5. The fraction of sp³-hybridized carbons (Fsp3) is 0.439. The third-order valence-electron chi connectivity index (χ3n) is 11.3. The van der Waals surface area contributed by atoms with Crippen LogP contribution < -0.4 is 24.8 Å². The summed E-state index contributed by atoms with van der Waals surface area (Å²) in [5.41, 5.74) is 1.25. The summed E-state index contributed by atoms with van der Waals surface area (Å²) < 4.78 is 51.5. The van der Waals surface area contributed by atoms with Gasteiger partial charge < -0.3 is 34.2 Å². The van der Waals surface area contributed by atoms with Gasteiger partial charge >= 0.3 is 6.09 Å². The van der Waals surface area contributed by atoms with Gasteiger partial charge in [-0.15, -0.1) is 0 Å². The van der Waals surface area contributed by atoms with E-state index < -0.39 is 68.7 Å². The number of amides is 4. The number of carbonyl (C=O) groups is 4. The smallest absolute Gasteiger partial charge is 0.407 e. The van der Waals surface area contributed by atoms with Gasteiger partial charge in [-0.25, -0.2) is 18.2 Å². The largest absolute Gasteiger partial charge is 0.496 e. The number of nitrogens with one attached hydrogen (secondary N) is 3. The van der Waals surface area contributed by atoms with Crippen LogP contribution in [0.15, 0.2) is 71.2 Å². The summed E-state index contributed by atoms with van der Waals surface area (Å²) in [6, 6.07) is 14.5. The van der Waals surface area contributed by atoms with Crippen molar-refractivity contribution in [3.05, 3.63) is 66.7 Å². The molecule has 2 aliphatic carbocycles. The first-order chi connectivity index (χ1) is 27.5. The number of nitrogens with zero attached hydrogens (tertiary/aromatic N) is 2. The van der Waals surface area contributed by atoms with Gasteiger partial charge in [-0.2, -0.15) is 0 Å². The number of furan rings is 1. The molecule has 0 spiro atoms. The van der Waals surface area contributed by atoms with Crippen molar-refractivity contribution in [3.8, 4) is 22.8 Å². The number of alkyl carbamates (subject to hydrolysis) is 1. The first-order valence-electron chi connectivity index (χ1n) is 19.3. The zero-order valence-electron chi connectivity index (χ0n) is 31.7. The molecule has 0 radical (unpaired) electrons. The highest BCUT2D eigenvalue weighted by molar-refractivity contribution is 7.91. The summed E-state index contributed by atoms with van der Waals surface area (Å²) in [6.45, 7) is -0.0527. The summed E-state index contributed by atoms with van der Waals surface area (Å²) in [5, 5.41) is 5.66. The maximum Gasteiger partial charge on any atom is 0.407 e. The van der Waals surface area contributed by atoms with Gasteiger partial charge in [-0.05, 0) is 62.8 Å². The minimum absolute atomic E-state index is 0.00906. The zero-order chi connectivity index (χ0) is 39.9. The molecule has 8 rings (SSSR count). The second-order valence-corrected chi connectivity index (χ2v) is 17.1. The Hall–Kier alpha value is -5.64. The van der Waals surface area contributed by atoms with Gasteiger partial charge in [0.1, 0.15) is 40.6 Å². The second-order valence-electron chi connectivity index (χ2n) is 15.2. The van der Waals surface area contributed by atoms with Crippen molar-refractivity contribution in [1.29, 1.82) is 0 Å². The van der Waals surface area contributed by atoms with E-state index in [2.05, 4.69) is 15.4 Å². The number of hydrogen-bond acceptors (Lipinski definition) is 11. The molecule has 3 fully saturated rings. The molecule has 2 saturated carbocycles. The number of methoxy groups -OCH3 is 2. The number of pyridine rings is 1. The zero-order valence-corrected chi connectivity index (χ0v) is 32.5. The molecule has 1 saturated heterocycles. The van der Waals surface area contributed by atoms with Crippen molar-refractivity contribution in [1.82, 2.24) is 25.2 Å². The summed E-state index contributed by atoms with van der Waals surface area (Å²) in [4.78, 5) is 61.6. The molecule has 57 heavy (non-hydrogen) atoms. The van der Waals surface area contributed by atoms with Crippen LogP contribution in [0.1, 0.15) is 57.8 Å². The monoisotopic (exact) mass is 799 g/mol.